The molecule has 2 N–H and O–H groups in total. The van der Waals surface area contributed by atoms with E-state index in [9.17, 15) is 19.5 Å². The van der Waals surface area contributed by atoms with Crippen LogP contribution in [0, 0.1) is 0 Å². The zero-order chi connectivity index (χ0) is 28.6. The van der Waals surface area contributed by atoms with E-state index >= 15 is 0 Å². The first kappa shape index (κ1) is 27.1. The highest BCUT2D eigenvalue weighted by Gasteiger charge is 2.24. The second-order valence-electron chi connectivity index (χ2n) is 9.23. The maximum absolute atomic E-state index is 13.0. The van der Waals surface area contributed by atoms with Crippen molar-refractivity contribution in [3.63, 3.8) is 0 Å². The van der Waals surface area contributed by atoms with E-state index < -0.39 is 23.7 Å². The molecule has 1 amide bonds. The number of rotatable bonds is 10. The van der Waals surface area contributed by atoms with Crippen LogP contribution in [0.1, 0.15) is 22.4 Å². The lowest BCUT2D eigenvalue weighted by molar-refractivity contribution is -0.147. The van der Waals surface area contributed by atoms with Gasteiger partial charge in [0.05, 0.1) is 12.7 Å². The largest absolute Gasteiger partial charge is 0.508 e. The fourth-order valence-electron chi connectivity index (χ4n) is 4.20. The van der Waals surface area contributed by atoms with Crippen LogP contribution in [0.2, 0.25) is 0 Å². The highest BCUT2D eigenvalue weighted by molar-refractivity contribution is 5.82. The molecule has 208 valence electrons. The van der Waals surface area contributed by atoms with Gasteiger partial charge in [-0.15, -0.1) is 5.10 Å². The Morgan fingerprint density at radius 3 is 2.41 bits per heavy atom. The van der Waals surface area contributed by atoms with E-state index in [0.717, 1.165) is 11.1 Å². The van der Waals surface area contributed by atoms with Gasteiger partial charge in [-0.3, -0.25) is 0 Å². The molecule has 5 rings (SSSR count). The summed E-state index contributed by atoms with van der Waals surface area (Å²) in [5.74, 6) is -0.682. The lowest BCUT2D eigenvalue weighted by atomic mass is 10.1. The second-order valence-corrected chi connectivity index (χ2v) is 9.23. The summed E-state index contributed by atoms with van der Waals surface area (Å²) in [6, 6.07) is 23.3. The van der Waals surface area contributed by atoms with Crippen LogP contribution < -0.4 is 10.9 Å². The predicted molar refractivity (Wildman–Crippen MR) is 147 cm³/mol. The molecule has 2 aromatic heterocycles. The summed E-state index contributed by atoms with van der Waals surface area (Å²) in [5.41, 5.74) is 2.32. The molecular formula is C30H26N4O7. The molecule has 0 aliphatic carbocycles. The van der Waals surface area contributed by atoms with E-state index in [4.69, 9.17) is 13.9 Å². The van der Waals surface area contributed by atoms with Gasteiger partial charge in [0.25, 0.3) is 0 Å². The first-order chi connectivity index (χ1) is 19.9. The Morgan fingerprint density at radius 2 is 1.66 bits per heavy atom. The SMILES string of the molecule is O=C(N[C@@H](Cc1ccccc1)C(=O)OCc1cn(Cc2cc(=O)oc3cc(O)ccc23)nn1)OCc1ccccc1. The van der Waals surface area contributed by atoms with Gasteiger partial charge in [-0.1, -0.05) is 65.9 Å². The molecule has 0 aliphatic heterocycles. The van der Waals surface area contributed by atoms with Crippen LogP contribution in [-0.4, -0.2) is 38.2 Å². The molecule has 0 bridgehead atoms. The molecular weight excluding hydrogens is 528 g/mol. The number of carbonyl (C=O) groups is 2. The Kier molecular flexibility index (Phi) is 8.34. The Morgan fingerprint density at radius 1 is 0.927 bits per heavy atom. The number of phenolic OH excluding ortho intramolecular Hbond substituents is 1. The van der Waals surface area contributed by atoms with Crippen molar-refractivity contribution in [1.82, 2.24) is 20.3 Å². The standard InChI is InChI=1S/C30H26N4O7/c35-24-11-12-25-22(14-28(36)41-27(25)15-24)16-34-17-23(32-33-34)19-39-29(37)26(13-20-7-3-1-4-8-20)31-30(38)40-18-21-9-5-2-6-10-21/h1-12,14-15,17,26,35H,13,16,18-19H2,(H,31,38)/t26-/m0/s1. The average Bonchev–Trinajstić information content (AvgIpc) is 3.42. The molecule has 0 fully saturated rings. The normalized spacial score (nSPS) is 11.6. The molecule has 0 unspecified atom stereocenters. The van der Waals surface area contributed by atoms with Crippen molar-refractivity contribution in [1.29, 1.82) is 0 Å². The van der Waals surface area contributed by atoms with Crippen molar-refractivity contribution in [3.05, 3.63) is 124 Å². The smallest absolute Gasteiger partial charge is 0.408 e. The van der Waals surface area contributed by atoms with Crippen molar-refractivity contribution in [2.24, 2.45) is 0 Å². The van der Waals surface area contributed by atoms with Crippen LogP contribution in [0.15, 0.2) is 100 Å². The second kappa shape index (κ2) is 12.6. The first-order valence-electron chi connectivity index (χ1n) is 12.8. The molecule has 1 atom stereocenters. The van der Waals surface area contributed by atoms with E-state index in [1.165, 1.54) is 22.9 Å². The number of amides is 1. The molecule has 0 aliphatic rings. The molecule has 11 heteroatoms. The van der Waals surface area contributed by atoms with Gasteiger partial charge in [0, 0.05) is 23.9 Å². The summed E-state index contributed by atoms with van der Waals surface area (Å²) in [5, 5.41) is 21.0. The maximum Gasteiger partial charge on any atom is 0.408 e. The average molecular weight is 555 g/mol. The van der Waals surface area contributed by atoms with Gasteiger partial charge in [0.15, 0.2) is 0 Å². The topological polar surface area (TPSA) is 146 Å². The summed E-state index contributed by atoms with van der Waals surface area (Å²) in [6.45, 7) is 0.0678. The van der Waals surface area contributed by atoms with Crippen LogP contribution >= 0.6 is 0 Å². The molecule has 0 saturated carbocycles. The summed E-state index contributed by atoms with van der Waals surface area (Å²) < 4.78 is 17.4. The number of benzene rings is 3. The summed E-state index contributed by atoms with van der Waals surface area (Å²) in [7, 11) is 0. The molecule has 5 aromatic rings. The number of hydrogen-bond acceptors (Lipinski definition) is 9. The molecule has 0 saturated heterocycles. The number of aromatic hydroxyl groups is 1. The van der Waals surface area contributed by atoms with Gasteiger partial charge in [-0.05, 0) is 28.8 Å². The van der Waals surface area contributed by atoms with Crippen molar-refractivity contribution < 1.29 is 28.6 Å². The van der Waals surface area contributed by atoms with Crippen molar-refractivity contribution in [2.75, 3.05) is 0 Å². The van der Waals surface area contributed by atoms with Gasteiger partial charge in [-0.2, -0.15) is 0 Å². The number of phenols is 1. The zero-order valence-electron chi connectivity index (χ0n) is 21.8. The number of hydrogen-bond donors (Lipinski definition) is 2. The van der Waals surface area contributed by atoms with E-state index in [1.54, 1.807) is 12.3 Å². The molecule has 2 heterocycles. The van der Waals surface area contributed by atoms with Crippen LogP contribution in [-0.2, 0) is 40.4 Å². The summed E-state index contributed by atoms with van der Waals surface area (Å²) >= 11 is 0. The monoisotopic (exact) mass is 554 g/mol. The minimum Gasteiger partial charge on any atom is -0.508 e. The Bertz CT molecular complexity index is 1700. The lowest BCUT2D eigenvalue weighted by Crippen LogP contribution is -2.43. The molecule has 0 radical (unpaired) electrons. The van der Waals surface area contributed by atoms with Crippen molar-refractivity contribution in [2.45, 2.75) is 32.2 Å². The molecule has 41 heavy (non-hydrogen) atoms. The van der Waals surface area contributed by atoms with Crippen LogP contribution in [0.25, 0.3) is 11.0 Å². The number of carbonyl (C=O) groups excluding carboxylic acids is 2. The van der Waals surface area contributed by atoms with E-state index in [2.05, 4.69) is 15.6 Å². The minimum atomic E-state index is -0.998. The highest BCUT2D eigenvalue weighted by atomic mass is 16.6. The third-order valence-electron chi connectivity index (χ3n) is 6.17. The number of fused-ring (bicyclic) bond motifs is 1. The first-order valence-corrected chi connectivity index (χ1v) is 12.8. The third-order valence-corrected chi connectivity index (χ3v) is 6.17. The lowest BCUT2D eigenvalue weighted by Gasteiger charge is -2.17. The molecule has 11 nitrogen and oxygen atoms in total. The van der Waals surface area contributed by atoms with Crippen LogP contribution in [0.5, 0.6) is 5.75 Å². The van der Waals surface area contributed by atoms with Crippen molar-refractivity contribution in [3.8, 4) is 5.75 Å². The van der Waals surface area contributed by atoms with E-state index in [0.29, 0.717) is 16.6 Å². The van der Waals surface area contributed by atoms with Gasteiger partial charge < -0.3 is 24.3 Å². The van der Waals surface area contributed by atoms with E-state index in [-0.39, 0.29) is 37.5 Å². The van der Waals surface area contributed by atoms with Gasteiger partial charge >= 0.3 is 17.7 Å². The van der Waals surface area contributed by atoms with Crippen LogP contribution in [0.3, 0.4) is 0 Å². The number of nitrogens with zero attached hydrogens (tertiary/aromatic N) is 3. The Labute approximate surface area is 233 Å². The maximum atomic E-state index is 13.0. The number of nitrogens with one attached hydrogen (secondary N) is 1. The minimum absolute atomic E-state index is 0.0211. The van der Waals surface area contributed by atoms with Gasteiger partial charge in [0.1, 0.15) is 36.3 Å². The number of alkyl carbamates (subject to hydrolysis) is 1. The summed E-state index contributed by atoms with van der Waals surface area (Å²) in [6.07, 6.45) is 1.04. The van der Waals surface area contributed by atoms with Gasteiger partial charge in [-0.25, -0.2) is 19.1 Å². The number of aromatic nitrogens is 3. The predicted octanol–water partition coefficient (Wildman–Crippen LogP) is 3.72. The fourth-order valence-corrected chi connectivity index (χ4v) is 4.20. The third kappa shape index (κ3) is 7.35. The fraction of sp³-hybridized carbons (Fsp3) is 0.167. The van der Waals surface area contributed by atoms with E-state index in [1.807, 2.05) is 60.7 Å². The number of ether oxygens (including phenoxy) is 2. The molecule has 0 spiro atoms. The Balaban J connectivity index is 1.22. The van der Waals surface area contributed by atoms with Crippen LogP contribution in [0.4, 0.5) is 4.79 Å². The molecule has 3 aromatic carbocycles. The summed E-state index contributed by atoms with van der Waals surface area (Å²) in [4.78, 5) is 37.5. The van der Waals surface area contributed by atoms with Crippen molar-refractivity contribution >= 4 is 23.0 Å². The zero-order valence-corrected chi connectivity index (χ0v) is 21.8. The Hall–Kier alpha value is -5.45. The quantitative estimate of drug-likeness (QED) is 0.195. The number of esters is 1. The van der Waals surface area contributed by atoms with Gasteiger partial charge in [0.2, 0.25) is 0 Å². The highest BCUT2D eigenvalue weighted by Crippen LogP contribution is 2.22.